The van der Waals surface area contributed by atoms with Crippen LogP contribution in [0.25, 0.3) is 0 Å². The summed E-state index contributed by atoms with van der Waals surface area (Å²) in [7, 11) is 4.33. The Morgan fingerprint density at radius 3 is 2.89 bits per heavy atom. The average Bonchev–Trinajstić information content (AvgIpc) is 2.86. The molecule has 106 valence electrons. The molecule has 1 aromatic rings. The predicted octanol–water partition coefficient (Wildman–Crippen LogP) is 1.72. The van der Waals surface area contributed by atoms with Crippen molar-refractivity contribution in [3.8, 4) is 0 Å². The highest BCUT2D eigenvalue weighted by molar-refractivity contribution is 5.52. The minimum atomic E-state index is 0.508. The molecule has 1 unspecified atom stereocenters. The van der Waals surface area contributed by atoms with Crippen molar-refractivity contribution in [3.05, 3.63) is 24.0 Å². The van der Waals surface area contributed by atoms with Gasteiger partial charge in [-0.3, -0.25) is 4.98 Å². The zero-order valence-electron chi connectivity index (χ0n) is 12.6. The third kappa shape index (κ3) is 3.67. The summed E-state index contributed by atoms with van der Waals surface area (Å²) >= 11 is 0. The van der Waals surface area contributed by atoms with Crippen LogP contribution in [0.5, 0.6) is 0 Å². The van der Waals surface area contributed by atoms with Gasteiger partial charge in [-0.15, -0.1) is 0 Å². The lowest BCUT2D eigenvalue weighted by Crippen LogP contribution is -2.32. The van der Waals surface area contributed by atoms with E-state index in [2.05, 4.69) is 54.1 Å². The van der Waals surface area contributed by atoms with E-state index in [-0.39, 0.29) is 0 Å². The van der Waals surface area contributed by atoms with E-state index in [1.165, 1.54) is 17.7 Å². The van der Waals surface area contributed by atoms with Crippen LogP contribution in [0.2, 0.25) is 0 Å². The van der Waals surface area contributed by atoms with E-state index < -0.39 is 0 Å². The fourth-order valence-corrected chi connectivity index (χ4v) is 2.55. The molecule has 0 radical (unpaired) electrons. The quantitative estimate of drug-likeness (QED) is 0.875. The molecule has 0 spiro atoms. The Morgan fingerprint density at radius 2 is 2.26 bits per heavy atom. The summed E-state index contributed by atoms with van der Waals surface area (Å²) in [5.74, 6) is 0. The molecule has 1 fully saturated rings. The first-order chi connectivity index (χ1) is 9.08. The number of aromatic nitrogens is 1. The fourth-order valence-electron chi connectivity index (χ4n) is 2.55. The van der Waals surface area contributed by atoms with E-state index in [0.29, 0.717) is 12.1 Å². The average molecular weight is 262 g/mol. The zero-order chi connectivity index (χ0) is 13.8. The van der Waals surface area contributed by atoms with Crippen LogP contribution in [0.4, 0.5) is 5.69 Å². The van der Waals surface area contributed by atoms with Gasteiger partial charge >= 0.3 is 0 Å². The van der Waals surface area contributed by atoms with Gasteiger partial charge in [0, 0.05) is 37.9 Å². The van der Waals surface area contributed by atoms with Gasteiger partial charge in [0.15, 0.2) is 0 Å². The molecule has 0 aliphatic carbocycles. The van der Waals surface area contributed by atoms with Gasteiger partial charge in [-0.05, 0) is 32.1 Å². The van der Waals surface area contributed by atoms with Crippen LogP contribution in [0.15, 0.2) is 18.5 Å². The number of hydrogen-bond acceptors (Lipinski definition) is 4. The van der Waals surface area contributed by atoms with Crippen molar-refractivity contribution in [2.75, 3.05) is 32.1 Å². The van der Waals surface area contributed by atoms with Crippen molar-refractivity contribution in [1.29, 1.82) is 0 Å². The third-order valence-corrected chi connectivity index (χ3v) is 3.82. The maximum atomic E-state index is 4.30. The van der Waals surface area contributed by atoms with Gasteiger partial charge in [0.25, 0.3) is 0 Å². The van der Waals surface area contributed by atoms with Crippen molar-refractivity contribution < 1.29 is 0 Å². The topological polar surface area (TPSA) is 31.4 Å². The highest BCUT2D eigenvalue weighted by Gasteiger charge is 2.25. The Morgan fingerprint density at radius 1 is 1.47 bits per heavy atom. The second-order valence-electron chi connectivity index (χ2n) is 5.89. The Bertz CT molecular complexity index is 403. The van der Waals surface area contributed by atoms with Crippen LogP contribution in [0.3, 0.4) is 0 Å². The third-order valence-electron chi connectivity index (χ3n) is 3.82. The van der Waals surface area contributed by atoms with Gasteiger partial charge in [0.05, 0.1) is 11.9 Å². The molecular weight excluding hydrogens is 236 g/mol. The largest absolute Gasteiger partial charge is 0.368 e. The molecule has 0 saturated carbocycles. The first-order valence-electron chi connectivity index (χ1n) is 7.15. The lowest BCUT2D eigenvalue weighted by Gasteiger charge is -2.24. The van der Waals surface area contributed by atoms with Crippen LogP contribution < -0.4 is 10.2 Å². The maximum Gasteiger partial charge on any atom is 0.0598 e. The van der Waals surface area contributed by atoms with Crippen molar-refractivity contribution in [2.24, 2.45) is 0 Å². The number of hydrogen-bond donors (Lipinski definition) is 1. The van der Waals surface area contributed by atoms with Crippen molar-refractivity contribution in [2.45, 2.75) is 38.9 Å². The van der Waals surface area contributed by atoms with Crippen LogP contribution in [0.1, 0.15) is 25.8 Å². The Labute approximate surface area is 116 Å². The second-order valence-corrected chi connectivity index (χ2v) is 5.89. The van der Waals surface area contributed by atoms with Gasteiger partial charge in [0.1, 0.15) is 0 Å². The normalized spacial score (nSPS) is 19.7. The predicted molar refractivity (Wildman–Crippen MR) is 80.5 cm³/mol. The summed E-state index contributed by atoms with van der Waals surface area (Å²) in [6.07, 6.45) is 5.13. The molecule has 4 nitrogen and oxygen atoms in total. The summed E-state index contributed by atoms with van der Waals surface area (Å²) in [5.41, 5.74) is 2.64. The van der Waals surface area contributed by atoms with Gasteiger partial charge in [-0.25, -0.2) is 0 Å². The summed E-state index contributed by atoms with van der Waals surface area (Å²) in [6, 6.07) is 3.30. The summed E-state index contributed by atoms with van der Waals surface area (Å²) in [6.45, 7) is 7.51. The zero-order valence-corrected chi connectivity index (χ0v) is 12.6. The molecule has 2 rings (SSSR count). The van der Waals surface area contributed by atoms with E-state index >= 15 is 0 Å². The molecular formula is C15H26N4. The highest BCUT2D eigenvalue weighted by atomic mass is 15.2. The molecule has 0 bridgehead atoms. The van der Waals surface area contributed by atoms with Gasteiger partial charge < -0.3 is 15.1 Å². The molecule has 1 atom stereocenters. The molecule has 1 aliphatic rings. The Kier molecular flexibility index (Phi) is 4.77. The number of likely N-dealkylation sites (N-methyl/N-ethyl adjacent to an activating group) is 1. The molecule has 2 heterocycles. The van der Waals surface area contributed by atoms with E-state index in [1.807, 2.05) is 12.4 Å². The maximum absolute atomic E-state index is 4.30. The number of nitrogens with zero attached hydrogens (tertiary/aromatic N) is 3. The molecule has 0 amide bonds. The van der Waals surface area contributed by atoms with Gasteiger partial charge in [0.2, 0.25) is 0 Å². The molecule has 0 aromatic carbocycles. The number of nitrogens with one attached hydrogen (secondary N) is 1. The van der Waals surface area contributed by atoms with Crippen molar-refractivity contribution in [1.82, 2.24) is 15.2 Å². The first kappa shape index (κ1) is 14.3. The monoisotopic (exact) mass is 262 g/mol. The molecule has 1 aromatic heterocycles. The summed E-state index contributed by atoms with van der Waals surface area (Å²) in [4.78, 5) is 9.09. The lowest BCUT2D eigenvalue weighted by molar-refractivity contribution is 0.315. The van der Waals surface area contributed by atoms with Gasteiger partial charge in [-0.2, -0.15) is 0 Å². The fraction of sp³-hybridized carbons (Fsp3) is 0.667. The smallest absolute Gasteiger partial charge is 0.0598 e. The Balaban J connectivity index is 2.07. The SMILES string of the molecule is CC(C)NCc1ccncc1N1CCC(N(C)C)C1. The number of rotatable bonds is 5. The summed E-state index contributed by atoms with van der Waals surface area (Å²) < 4.78 is 0. The molecule has 1 aliphatic heterocycles. The minimum absolute atomic E-state index is 0.508. The van der Waals surface area contributed by atoms with Crippen LogP contribution in [-0.2, 0) is 6.54 Å². The first-order valence-corrected chi connectivity index (χ1v) is 7.15. The Hall–Kier alpha value is -1.13. The van der Waals surface area contributed by atoms with Crippen LogP contribution in [0, 0.1) is 0 Å². The second kappa shape index (κ2) is 6.35. The van der Waals surface area contributed by atoms with Crippen LogP contribution >= 0.6 is 0 Å². The molecule has 1 saturated heterocycles. The molecule has 19 heavy (non-hydrogen) atoms. The molecule has 1 N–H and O–H groups in total. The minimum Gasteiger partial charge on any atom is -0.368 e. The van der Waals surface area contributed by atoms with Crippen molar-refractivity contribution >= 4 is 5.69 Å². The number of pyridine rings is 1. The summed E-state index contributed by atoms with van der Waals surface area (Å²) in [5, 5.41) is 3.49. The van der Waals surface area contributed by atoms with E-state index in [4.69, 9.17) is 0 Å². The lowest BCUT2D eigenvalue weighted by atomic mass is 10.2. The van der Waals surface area contributed by atoms with Gasteiger partial charge in [-0.1, -0.05) is 13.8 Å². The molecule has 4 heteroatoms. The van der Waals surface area contributed by atoms with Crippen LogP contribution in [-0.4, -0.2) is 49.2 Å². The van der Waals surface area contributed by atoms with E-state index in [0.717, 1.165) is 19.6 Å². The highest BCUT2D eigenvalue weighted by Crippen LogP contribution is 2.25. The van der Waals surface area contributed by atoms with E-state index in [9.17, 15) is 0 Å². The standard InChI is InChI=1S/C15H26N4/c1-12(2)17-9-13-5-7-16-10-15(13)19-8-6-14(11-19)18(3)4/h5,7,10,12,14,17H,6,8-9,11H2,1-4H3. The van der Waals surface area contributed by atoms with Crippen molar-refractivity contribution in [3.63, 3.8) is 0 Å². The van der Waals surface area contributed by atoms with E-state index in [1.54, 1.807) is 0 Å². The number of anilines is 1.